The molecule has 0 saturated carbocycles. The Morgan fingerprint density at radius 3 is 3.00 bits per heavy atom. The van der Waals surface area contributed by atoms with E-state index in [4.69, 9.17) is 4.52 Å². The minimum absolute atomic E-state index is 0.621. The predicted molar refractivity (Wildman–Crippen MR) is 63.2 cm³/mol. The van der Waals surface area contributed by atoms with E-state index < -0.39 is 0 Å². The normalized spacial score (nSPS) is 10.4. The molecule has 0 amide bonds. The molecule has 16 heavy (non-hydrogen) atoms. The van der Waals surface area contributed by atoms with E-state index in [1.165, 1.54) is 6.33 Å². The van der Waals surface area contributed by atoms with Crippen LogP contribution in [0, 0.1) is 6.92 Å². The lowest BCUT2D eigenvalue weighted by molar-refractivity contribution is 0.379. The SMILES string of the molecule is Cc1cnc(NCCc2ncno2)c(Br)c1. The Kier molecular flexibility index (Phi) is 3.51. The van der Waals surface area contributed by atoms with Gasteiger partial charge in [0.2, 0.25) is 5.89 Å². The Hall–Kier alpha value is -1.43. The van der Waals surface area contributed by atoms with Crippen LogP contribution in [0.1, 0.15) is 11.5 Å². The van der Waals surface area contributed by atoms with E-state index >= 15 is 0 Å². The highest BCUT2D eigenvalue weighted by molar-refractivity contribution is 9.10. The van der Waals surface area contributed by atoms with Gasteiger partial charge < -0.3 is 9.84 Å². The summed E-state index contributed by atoms with van der Waals surface area (Å²) >= 11 is 3.45. The second-order valence-electron chi connectivity index (χ2n) is 3.35. The summed E-state index contributed by atoms with van der Waals surface area (Å²) in [7, 11) is 0. The van der Waals surface area contributed by atoms with Gasteiger partial charge in [-0.2, -0.15) is 4.98 Å². The van der Waals surface area contributed by atoms with Crippen molar-refractivity contribution in [2.75, 3.05) is 11.9 Å². The maximum atomic E-state index is 4.89. The van der Waals surface area contributed by atoms with Crippen molar-refractivity contribution in [2.45, 2.75) is 13.3 Å². The zero-order chi connectivity index (χ0) is 11.4. The maximum Gasteiger partial charge on any atom is 0.228 e. The van der Waals surface area contributed by atoms with E-state index in [9.17, 15) is 0 Å². The van der Waals surface area contributed by atoms with E-state index in [2.05, 4.69) is 36.4 Å². The zero-order valence-corrected chi connectivity index (χ0v) is 10.4. The average molecular weight is 283 g/mol. The third-order valence-corrected chi connectivity index (χ3v) is 2.62. The van der Waals surface area contributed by atoms with Crippen LogP contribution in [0.15, 0.2) is 27.6 Å². The standard InChI is InChI=1S/C10H11BrN4O/c1-7-4-8(11)10(13-5-7)12-3-2-9-14-6-15-16-9/h4-6H,2-3H2,1H3,(H,12,13). The first-order chi connectivity index (χ1) is 7.75. The van der Waals surface area contributed by atoms with E-state index in [1.807, 2.05) is 19.2 Å². The van der Waals surface area contributed by atoms with Crippen molar-refractivity contribution < 1.29 is 4.52 Å². The molecule has 0 aliphatic heterocycles. The zero-order valence-electron chi connectivity index (χ0n) is 8.77. The second kappa shape index (κ2) is 5.07. The summed E-state index contributed by atoms with van der Waals surface area (Å²) < 4.78 is 5.84. The number of anilines is 1. The number of halogens is 1. The molecular weight excluding hydrogens is 272 g/mol. The number of nitrogens with zero attached hydrogens (tertiary/aromatic N) is 3. The van der Waals surface area contributed by atoms with Gasteiger partial charge in [-0.3, -0.25) is 0 Å². The lowest BCUT2D eigenvalue weighted by Crippen LogP contribution is -2.07. The molecule has 0 aromatic carbocycles. The van der Waals surface area contributed by atoms with E-state index in [0.717, 1.165) is 15.9 Å². The van der Waals surface area contributed by atoms with Crippen molar-refractivity contribution in [2.24, 2.45) is 0 Å². The Morgan fingerprint density at radius 1 is 1.44 bits per heavy atom. The molecule has 2 aromatic heterocycles. The summed E-state index contributed by atoms with van der Waals surface area (Å²) in [6.45, 7) is 2.71. The predicted octanol–water partition coefficient (Wildman–Crippen LogP) is 2.19. The van der Waals surface area contributed by atoms with Crippen LogP contribution >= 0.6 is 15.9 Å². The van der Waals surface area contributed by atoms with Gasteiger partial charge in [0.05, 0.1) is 4.47 Å². The van der Waals surface area contributed by atoms with Crippen LogP contribution in [-0.4, -0.2) is 21.7 Å². The van der Waals surface area contributed by atoms with E-state index in [-0.39, 0.29) is 0 Å². The van der Waals surface area contributed by atoms with Gasteiger partial charge in [-0.05, 0) is 34.5 Å². The molecule has 0 bridgehead atoms. The molecule has 2 heterocycles. The number of aromatic nitrogens is 3. The van der Waals surface area contributed by atoms with Gasteiger partial charge in [0.25, 0.3) is 0 Å². The fourth-order valence-electron chi connectivity index (χ4n) is 1.26. The molecule has 0 aliphatic rings. The van der Waals surface area contributed by atoms with Crippen molar-refractivity contribution in [3.8, 4) is 0 Å². The van der Waals surface area contributed by atoms with E-state index in [0.29, 0.717) is 18.9 Å². The monoisotopic (exact) mass is 282 g/mol. The first-order valence-electron chi connectivity index (χ1n) is 4.87. The van der Waals surface area contributed by atoms with Crippen LogP contribution in [0.4, 0.5) is 5.82 Å². The third-order valence-electron chi connectivity index (χ3n) is 2.02. The van der Waals surface area contributed by atoms with Gasteiger partial charge in [0, 0.05) is 19.2 Å². The molecule has 0 saturated heterocycles. The summed E-state index contributed by atoms with van der Waals surface area (Å²) in [5, 5.41) is 6.73. The van der Waals surface area contributed by atoms with E-state index in [1.54, 1.807) is 0 Å². The van der Waals surface area contributed by atoms with Crippen LogP contribution in [0.25, 0.3) is 0 Å². The molecule has 0 fully saturated rings. The summed E-state index contributed by atoms with van der Waals surface area (Å²) in [5.41, 5.74) is 1.12. The first kappa shape index (κ1) is 11.1. The Bertz CT molecular complexity index is 458. The molecule has 0 aliphatic carbocycles. The average Bonchev–Trinajstić information content (AvgIpc) is 2.74. The summed E-state index contributed by atoms with van der Waals surface area (Å²) in [5.74, 6) is 1.45. The molecule has 0 unspecified atom stereocenters. The smallest absolute Gasteiger partial charge is 0.228 e. The molecule has 6 heteroatoms. The van der Waals surface area contributed by atoms with Gasteiger partial charge in [0.15, 0.2) is 6.33 Å². The molecule has 0 atom stereocenters. The van der Waals surface area contributed by atoms with Crippen molar-refractivity contribution in [1.29, 1.82) is 0 Å². The Morgan fingerprint density at radius 2 is 2.31 bits per heavy atom. The largest absolute Gasteiger partial charge is 0.369 e. The van der Waals surface area contributed by atoms with Gasteiger partial charge >= 0.3 is 0 Å². The highest BCUT2D eigenvalue weighted by Gasteiger charge is 2.02. The number of aryl methyl sites for hydroxylation is 1. The van der Waals surface area contributed by atoms with Crippen molar-refractivity contribution in [3.63, 3.8) is 0 Å². The molecule has 2 rings (SSSR count). The van der Waals surface area contributed by atoms with Crippen molar-refractivity contribution >= 4 is 21.7 Å². The topological polar surface area (TPSA) is 63.8 Å². The number of hydrogen-bond donors (Lipinski definition) is 1. The van der Waals surface area contributed by atoms with Gasteiger partial charge in [0.1, 0.15) is 5.82 Å². The lowest BCUT2D eigenvalue weighted by atomic mass is 10.3. The quantitative estimate of drug-likeness (QED) is 0.931. The van der Waals surface area contributed by atoms with Crippen LogP contribution in [0.2, 0.25) is 0 Å². The molecule has 0 radical (unpaired) electrons. The van der Waals surface area contributed by atoms with Crippen molar-refractivity contribution in [1.82, 2.24) is 15.1 Å². The Balaban J connectivity index is 1.90. The third kappa shape index (κ3) is 2.79. The molecule has 1 N–H and O–H groups in total. The minimum Gasteiger partial charge on any atom is -0.369 e. The second-order valence-corrected chi connectivity index (χ2v) is 4.21. The minimum atomic E-state index is 0.621. The summed E-state index contributed by atoms with van der Waals surface area (Å²) in [4.78, 5) is 8.21. The maximum absolute atomic E-state index is 4.89. The van der Waals surface area contributed by atoms with Crippen molar-refractivity contribution in [3.05, 3.63) is 34.5 Å². The number of rotatable bonds is 4. The molecule has 0 spiro atoms. The highest BCUT2D eigenvalue weighted by atomic mass is 79.9. The molecular formula is C10H11BrN4O. The summed E-state index contributed by atoms with van der Waals surface area (Å²) in [6, 6.07) is 2.02. The van der Waals surface area contributed by atoms with Crippen LogP contribution in [0.5, 0.6) is 0 Å². The number of nitrogens with one attached hydrogen (secondary N) is 1. The molecule has 5 nitrogen and oxygen atoms in total. The number of hydrogen-bond acceptors (Lipinski definition) is 5. The Labute approximate surface area is 101 Å². The first-order valence-corrected chi connectivity index (χ1v) is 5.66. The van der Waals surface area contributed by atoms with Gasteiger partial charge in [-0.1, -0.05) is 5.16 Å². The fourth-order valence-corrected chi connectivity index (χ4v) is 1.86. The van der Waals surface area contributed by atoms with Gasteiger partial charge in [-0.25, -0.2) is 4.98 Å². The highest BCUT2D eigenvalue weighted by Crippen LogP contribution is 2.20. The summed E-state index contributed by atoms with van der Waals surface area (Å²) in [6.07, 6.45) is 3.90. The van der Waals surface area contributed by atoms with Gasteiger partial charge in [-0.15, -0.1) is 0 Å². The number of pyridine rings is 1. The van der Waals surface area contributed by atoms with Crippen LogP contribution in [-0.2, 0) is 6.42 Å². The lowest BCUT2D eigenvalue weighted by Gasteiger charge is -2.06. The molecule has 2 aromatic rings. The van der Waals surface area contributed by atoms with Crippen LogP contribution in [0.3, 0.4) is 0 Å². The molecule has 84 valence electrons. The van der Waals surface area contributed by atoms with Crippen LogP contribution < -0.4 is 5.32 Å². The fraction of sp³-hybridized carbons (Fsp3) is 0.300.